The topological polar surface area (TPSA) is 121 Å². The van der Waals surface area contributed by atoms with Crippen LogP contribution in [-0.4, -0.2) is 37.3 Å². The van der Waals surface area contributed by atoms with E-state index in [0.717, 1.165) is 25.7 Å². The minimum atomic E-state index is -3.82. The molecular weight excluding hydrogens is 320 g/mol. The first-order valence-corrected chi connectivity index (χ1v) is 8.82. The van der Waals surface area contributed by atoms with Crippen LogP contribution in [-0.2, 0) is 20.2 Å². The van der Waals surface area contributed by atoms with Crippen LogP contribution >= 0.6 is 0 Å². The first kappa shape index (κ1) is 16.0. The van der Waals surface area contributed by atoms with Gasteiger partial charge in [0, 0.05) is 18.9 Å². The highest BCUT2D eigenvalue weighted by molar-refractivity contribution is 7.89. The lowest BCUT2D eigenvalue weighted by atomic mass is 9.87. The predicted molar refractivity (Wildman–Crippen MR) is 80.9 cm³/mol. The van der Waals surface area contributed by atoms with Crippen LogP contribution in [0.4, 0.5) is 0 Å². The number of nitrogens with zero attached hydrogens (tertiary/aromatic N) is 3. The lowest BCUT2D eigenvalue weighted by molar-refractivity contribution is 0.110. The van der Waals surface area contributed by atoms with Gasteiger partial charge in [0.15, 0.2) is 5.03 Å². The van der Waals surface area contributed by atoms with Crippen LogP contribution in [0.3, 0.4) is 0 Å². The average Bonchev–Trinajstić information content (AvgIpc) is 3.16. The molecule has 0 spiro atoms. The molecule has 0 amide bonds. The second-order valence-electron chi connectivity index (χ2n) is 5.77. The lowest BCUT2D eigenvalue weighted by Gasteiger charge is -2.22. The predicted octanol–water partition coefficient (Wildman–Crippen LogP) is 1.24. The third-order valence-corrected chi connectivity index (χ3v) is 4.97. The number of hydrogen-bond donors (Lipinski definition) is 1. The summed E-state index contributed by atoms with van der Waals surface area (Å²) in [5.41, 5.74) is 0.339. The number of pyridine rings is 1. The fourth-order valence-corrected chi connectivity index (χ4v) is 3.44. The molecule has 0 aromatic carbocycles. The highest BCUT2D eigenvalue weighted by atomic mass is 32.2. The third-order valence-electron chi connectivity index (χ3n) is 4.15. The van der Waals surface area contributed by atoms with Gasteiger partial charge in [-0.25, -0.2) is 18.5 Å². The van der Waals surface area contributed by atoms with E-state index in [4.69, 9.17) is 14.4 Å². The number of primary sulfonamides is 1. The normalized spacial score (nSPS) is 17.5. The van der Waals surface area contributed by atoms with Crippen molar-refractivity contribution in [3.8, 4) is 11.4 Å². The van der Waals surface area contributed by atoms with Gasteiger partial charge >= 0.3 is 0 Å². The van der Waals surface area contributed by atoms with E-state index in [9.17, 15) is 8.42 Å². The van der Waals surface area contributed by atoms with Gasteiger partial charge in [-0.15, -0.1) is 0 Å². The molecule has 2 N–H and O–H groups in total. The van der Waals surface area contributed by atoms with E-state index < -0.39 is 10.0 Å². The molecule has 124 valence electrons. The van der Waals surface area contributed by atoms with Gasteiger partial charge in [-0.05, 0) is 25.0 Å². The third kappa shape index (κ3) is 3.12. The summed E-state index contributed by atoms with van der Waals surface area (Å²) in [6.07, 6.45) is 5.47. The van der Waals surface area contributed by atoms with Crippen molar-refractivity contribution in [3.05, 3.63) is 24.2 Å². The molecule has 2 heterocycles. The summed E-state index contributed by atoms with van der Waals surface area (Å²) in [6.45, 7) is 0.539. The SMILES string of the molecule is COCC1(c2nc(-c3ccc(S(N)(=O)=O)nc3)no2)CCCC1. The van der Waals surface area contributed by atoms with Crippen molar-refractivity contribution < 1.29 is 17.7 Å². The molecule has 1 fully saturated rings. The molecule has 0 radical (unpaired) electrons. The Kier molecular flexibility index (Phi) is 4.17. The van der Waals surface area contributed by atoms with Crippen LogP contribution in [0.1, 0.15) is 31.6 Å². The second-order valence-corrected chi connectivity index (χ2v) is 7.28. The molecule has 0 aliphatic heterocycles. The van der Waals surface area contributed by atoms with E-state index in [-0.39, 0.29) is 10.4 Å². The number of sulfonamides is 1. The maximum Gasteiger partial charge on any atom is 0.255 e. The Balaban J connectivity index is 1.90. The van der Waals surface area contributed by atoms with Crippen molar-refractivity contribution in [1.82, 2.24) is 15.1 Å². The average molecular weight is 338 g/mol. The molecule has 0 unspecified atom stereocenters. The molecule has 1 saturated carbocycles. The van der Waals surface area contributed by atoms with Gasteiger partial charge in [-0.2, -0.15) is 4.98 Å². The largest absolute Gasteiger partial charge is 0.384 e. The molecule has 2 aromatic heterocycles. The molecule has 0 bridgehead atoms. The molecule has 1 aliphatic rings. The van der Waals surface area contributed by atoms with Crippen LogP contribution < -0.4 is 5.14 Å². The number of rotatable bonds is 5. The van der Waals surface area contributed by atoms with Gasteiger partial charge in [0.05, 0.1) is 12.0 Å². The van der Waals surface area contributed by atoms with Gasteiger partial charge in [-0.3, -0.25) is 0 Å². The molecule has 23 heavy (non-hydrogen) atoms. The maximum atomic E-state index is 11.2. The lowest BCUT2D eigenvalue weighted by Crippen LogP contribution is -2.28. The van der Waals surface area contributed by atoms with E-state index in [0.29, 0.717) is 23.9 Å². The zero-order valence-corrected chi connectivity index (χ0v) is 13.5. The number of methoxy groups -OCH3 is 1. The van der Waals surface area contributed by atoms with Crippen LogP contribution in [0.5, 0.6) is 0 Å². The van der Waals surface area contributed by atoms with Crippen LogP contribution in [0.25, 0.3) is 11.4 Å². The smallest absolute Gasteiger partial charge is 0.255 e. The van der Waals surface area contributed by atoms with Crippen molar-refractivity contribution in [2.45, 2.75) is 36.1 Å². The summed E-state index contributed by atoms with van der Waals surface area (Å²) < 4.78 is 33.2. The highest BCUT2D eigenvalue weighted by Crippen LogP contribution is 2.41. The van der Waals surface area contributed by atoms with E-state index in [1.54, 1.807) is 13.2 Å². The fraction of sp³-hybridized carbons (Fsp3) is 0.500. The molecule has 8 nitrogen and oxygen atoms in total. The van der Waals surface area contributed by atoms with E-state index >= 15 is 0 Å². The van der Waals surface area contributed by atoms with Gasteiger partial charge in [0.2, 0.25) is 11.7 Å². The summed E-state index contributed by atoms with van der Waals surface area (Å²) >= 11 is 0. The molecule has 2 aromatic rings. The molecule has 0 saturated heterocycles. The molecule has 0 atom stereocenters. The summed E-state index contributed by atoms with van der Waals surface area (Å²) in [5, 5.41) is 8.82. The zero-order valence-electron chi connectivity index (χ0n) is 12.7. The Bertz CT molecular complexity index is 779. The van der Waals surface area contributed by atoms with Crippen molar-refractivity contribution in [2.75, 3.05) is 13.7 Å². The quantitative estimate of drug-likeness (QED) is 0.870. The van der Waals surface area contributed by atoms with Crippen LogP contribution in [0.2, 0.25) is 0 Å². The highest BCUT2D eigenvalue weighted by Gasteiger charge is 2.41. The Morgan fingerprint density at radius 2 is 2.09 bits per heavy atom. The Labute approximate surface area is 134 Å². The summed E-state index contributed by atoms with van der Waals surface area (Å²) in [7, 11) is -2.16. The second kappa shape index (κ2) is 5.99. The number of ether oxygens (including phenoxy) is 1. The molecule has 1 aliphatic carbocycles. The van der Waals surface area contributed by atoms with Crippen LogP contribution in [0, 0.1) is 0 Å². The number of hydrogen-bond acceptors (Lipinski definition) is 7. The van der Waals surface area contributed by atoms with Gasteiger partial charge in [0.25, 0.3) is 10.0 Å². The van der Waals surface area contributed by atoms with E-state index in [2.05, 4.69) is 15.1 Å². The molecule has 3 rings (SSSR count). The number of aromatic nitrogens is 3. The minimum absolute atomic E-state index is 0.198. The van der Waals surface area contributed by atoms with Crippen molar-refractivity contribution in [3.63, 3.8) is 0 Å². The van der Waals surface area contributed by atoms with Gasteiger partial charge in [-0.1, -0.05) is 18.0 Å². The Hall–Kier alpha value is -1.84. The van der Waals surface area contributed by atoms with Gasteiger partial charge < -0.3 is 9.26 Å². The minimum Gasteiger partial charge on any atom is -0.384 e. The summed E-state index contributed by atoms with van der Waals surface area (Å²) in [5.74, 6) is 0.929. The Morgan fingerprint density at radius 3 is 2.65 bits per heavy atom. The van der Waals surface area contributed by atoms with Crippen molar-refractivity contribution in [2.24, 2.45) is 5.14 Å². The first-order valence-electron chi connectivity index (χ1n) is 7.27. The standard InChI is InChI=1S/C14H18N4O4S/c1-21-9-14(6-2-3-7-14)13-17-12(18-22-13)10-4-5-11(16-8-10)23(15,19)20/h4-5,8H,2-3,6-7,9H2,1H3,(H2,15,19,20). The van der Waals surface area contributed by atoms with Crippen molar-refractivity contribution >= 4 is 10.0 Å². The maximum absolute atomic E-state index is 11.2. The van der Waals surface area contributed by atoms with E-state index in [1.807, 2.05) is 0 Å². The van der Waals surface area contributed by atoms with Gasteiger partial charge in [0.1, 0.15) is 0 Å². The summed E-state index contributed by atoms with van der Waals surface area (Å²) in [6, 6.07) is 2.88. The van der Waals surface area contributed by atoms with Crippen molar-refractivity contribution in [1.29, 1.82) is 0 Å². The Morgan fingerprint density at radius 1 is 1.35 bits per heavy atom. The zero-order chi connectivity index (χ0) is 16.5. The molecule has 9 heteroatoms. The molecular formula is C14H18N4O4S. The van der Waals surface area contributed by atoms with E-state index in [1.165, 1.54) is 12.3 Å². The fourth-order valence-electron chi connectivity index (χ4n) is 2.99. The first-order chi connectivity index (χ1) is 10.9. The summed E-state index contributed by atoms with van der Waals surface area (Å²) in [4.78, 5) is 8.29. The monoisotopic (exact) mass is 338 g/mol. The van der Waals surface area contributed by atoms with Crippen LogP contribution in [0.15, 0.2) is 27.9 Å². The number of nitrogens with two attached hydrogens (primary N) is 1.